The van der Waals surface area contributed by atoms with Crippen LogP contribution in [0.3, 0.4) is 0 Å². The van der Waals surface area contributed by atoms with Crippen molar-refractivity contribution in [3.05, 3.63) is 35.4 Å². The summed E-state index contributed by atoms with van der Waals surface area (Å²) in [4.78, 5) is 62.5. The monoisotopic (exact) mass is 510 g/mol. The van der Waals surface area contributed by atoms with Crippen molar-refractivity contribution in [2.24, 2.45) is 11.7 Å². The number of nitrogens with zero attached hydrogens (tertiary/aromatic N) is 1. The Bertz CT molecular complexity index is 1000. The zero-order valence-electron chi connectivity index (χ0n) is 20.5. The molecule has 0 aliphatic carbocycles. The zero-order valence-corrected chi connectivity index (χ0v) is 20.5. The summed E-state index contributed by atoms with van der Waals surface area (Å²) in [6, 6.07) is 0.977. The Hall–Kier alpha value is -3.57. The molecule has 1 aromatic rings. The van der Waals surface area contributed by atoms with Gasteiger partial charge in [0, 0.05) is 37.4 Å². The smallest absolute Gasteiger partial charge is 0.328 e. The van der Waals surface area contributed by atoms with Crippen LogP contribution < -0.4 is 16.4 Å². The van der Waals surface area contributed by atoms with E-state index in [0.29, 0.717) is 6.42 Å². The topological polar surface area (TPSA) is 148 Å². The second kappa shape index (κ2) is 12.9. The summed E-state index contributed by atoms with van der Waals surface area (Å²) in [6.45, 7) is 3.20. The normalized spacial score (nSPS) is 17.0. The second-order valence-corrected chi connectivity index (χ2v) is 9.01. The Labute approximate surface area is 207 Å². The molecule has 1 saturated heterocycles. The van der Waals surface area contributed by atoms with E-state index in [2.05, 4.69) is 15.4 Å². The molecule has 2 rings (SSSR count). The highest BCUT2D eigenvalue weighted by Crippen LogP contribution is 2.25. The maximum absolute atomic E-state index is 14.1. The van der Waals surface area contributed by atoms with Crippen LogP contribution in [0.15, 0.2) is 18.2 Å². The molecule has 1 heterocycles. The van der Waals surface area contributed by atoms with Gasteiger partial charge in [-0.1, -0.05) is 26.0 Å². The number of benzene rings is 1. The van der Waals surface area contributed by atoms with Crippen molar-refractivity contribution in [1.29, 1.82) is 0 Å². The number of hydrogen-bond donors (Lipinski definition) is 3. The van der Waals surface area contributed by atoms with Gasteiger partial charge in [-0.25, -0.2) is 13.6 Å². The van der Waals surface area contributed by atoms with E-state index in [1.54, 1.807) is 13.8 Å². The first-order valence-electron chi connectivity index (χ1n) is 11.6. The quantitative estimate of drug-likeness (QED) is 0.356. The lowest BCUT2D eigenvalue weighted by molar-refractivity contribution is -0.145. The second-order valence-electron chi connectivity index (χ2n) is 9.01. The highest BCUT2D eigenvalue weighted by molar-refractivity contribution is 5.91. The fourth-order valence-corrected chi connectivity index (χ4v) is 4.00. The number of primary amides is 1. The summed E-state index contributed by atoms with van der Waals surface area (Å²) in [5.74, 6) is -5.33. The number of nitrogens with one attached hydrogen (secondary N) is 2. The summed E-state index contributed by atoms with van der Waals surface area (Å²) >= 11 is 0. The lowest BCUT2D eigenvalue weighted by atomic mass is 10.0. The van der Waals surface area contributed by atoms with Gasteiger partial charge in [0.15, 0.2) is 11.6 Å². The van der Waals surface area contributed by atoms with Crippen molar-refractivity contribution < 1.29 is 37.5 Å². The number of carbonyl (C=O) groups is 5. The van der Waals surface area contributed by atoms with E-state index in [1.165, 1.54) is 17.0 Å². The summed E-state index contributed by atoms with van der Waals surface area (Å²) in [5.41, 5.74) is 5.12. The van der Waals surface area contributed by atoms with Gasteiger partial charge in [-0.3, -0.25) is 19.2 Å². The van der Waals surface area contributed by atoms with Crippen molar-refractivity contribution in [1.82, 2.24) is 15.5 Å². The average Bonchev–Trinajstić information content (AvgIpc) is 3.15. The van der Waals surface area contributed by atoms with Gasteiger partial charge in [-0.05, 0) is 24.8 Å². The highest BCUT2D eigenvalue weighted by atomic mass is 19.2. The molecule has 0 saturated carbocycles. The minimum atomic E-state index is -1.13. The number of esters is 1. The predicted octanol–water partition coefficient (Wildman–Crippen LogP) is 0.910. The Morgan fingerprint density at radius 2 is 1.89 bits per heavy atom. The summed E-state index contributed by atoms with van der Waals surface area (Å²) < 4.78 is 32.3. The number of rotatable bonds is 12. The lowest BCUT2D eigenvalue weighted by Crippen LogP contribution is -2.54. The van der Waals surface area contributed by atoms with Crippen LogP contribution in [0.2, 0.25) is 0 Å². The average molecular weight is 511 g/mol. The number of carbonyl (C=O) groups excluding carboxylic acids is 5. The number of nitrogens with two attached hydrogens (primary N) is 1. The van der Waals surface area contributed by atoms with Gasteiger partial charge in [0.1, 0.15) is 12.1 Å². The van der Waals surface area contributed by atoms with Crippen LogP contribution in [0.1, 0.15) is 51.5 Å². The zero-order chi connectivity index (χ0) is 27.0. The summed E-state index contributed by atoms with van der Waals surface area (Å²) in [6.07, 6.45) is 0.128. The lowest BCUT2D eigenvalue weighted by Gasteiger charge is -2.27. The standard InChI is InChI=1S/C24H32F2N4O6/c1-13(2)22(23(34)28-17(24(35)36-3)8-9-18(27)31)29-19(32)11-15-7-10-20(33)30(15)12-14-5-4-6-16(25)21(14)26/h4-6,13,15,17,22H,7-12H2,1-3H3,(H2,27,31)(H,28,34)(H,29,32)/t15-,17-,22-/m0/s1. The van der Waals surface area contributed by atoms with E-state index in [-0.39, 0.29) is 49.6 Å². The molecule has 12 heteroatoms. The van der Waals surface area contributed by atoms with Crippen LogP contribution in [-0.2, 0) is 35.3 Å². The number of methoxy groups -OCH3 is 1. The van der Waals surface area contributed by atoms with Crippen LogP contribution >= 0.6 is 0 Å². The van der Waals surface area contributed by atoms with Crippen molar-refractivity contribution in [3.63, 3.8) is 0 Å². The van der Waals surface area contributed by atoms with Crippen molar-refractivity contribution in [2.75, 3.05) is 7.11 Å². The maximum Gasteiger partial charge on any atom is 0.328 e. The largest absolute Gasteiger partial charge is 0.467 e. The van der Waals surface area contributed by atoms with Gasteiger partial charge >= 0.3 is 5.97 Å². The molecule has 1 aliphatic rings. The third kappa shape index (κ3) is 7.72. The first-order valence-corrected chi connectivity index (χ1v) is 11.6. The highest BCUT2D eigenvalue weighted by Gasteiger charge is 2.35. The van der Waals surface area contributed by atoms with E-state index in [4.69, 9.17) is 5.73 Å². The van der Waals surface area contributed by atoms with Crippen LogP contribution in [-0.4, -0.2) is 59.7 Å². The molecule has 0 aromatic heterocycles. The number of ether oxygens (including phenoxy) is 1. The number of likely N-dealkylation sites (tertiary alicyclic amines) is 1. The van der Waals surface area contributed by atoms with Crippen LogP contribution in [0.5, 0.6) is 0 Å². The molecule has 0 spiro atoms. The van der Waals surface area contributed by atoms with Gasteiger partial charge in [-0.15, -0.1) is 0 Å². The molecular formula is C24H32F2N4O6. The molecule has 4 N–H and O–H groups in total. The first kappa shape index (κ1) is 28.7. The molecule has 0 radical (unpaired) electrons. The van der Waals surface area contributed by atoms with Crippen LogP contribution in [0, 0.1) is 17.6 Å². The molecule has 10 nitrogen and oxygen atoms in total. The van der Waals surface area contributed by atoms with E-state index in [9.17, 15) is 32.8 Å². The first-order chi connectivity index (χ1) is 16.9. The van der Waals surface area contributed by atoms with Gasteiger partial charge in [0.2, 0.25) is 23.6 Å². The van der Waals surface area contributed by atoms with Crippen LogP contribution in [0.4, 0.5) is 8.78 Å². The molecule has 3 atom stereocenters. The van der Waals surface area contributed by atoms with E-state index < -0.39 is 53.5 Å². The van der Waals surface area contributed by atoms with E-state index in [0.717, 1.165) is 13.2 Å². The number of halogens is 2. The Morgan fingerprint density at radius 3 is 2.50 bits per heavy atom. The molecule has 36 heavy (non-hydrogen) atoms. The van der Waals surface area contributed by atoms with E-state index >= 15 is 0 Å². The molecule has 1 fully saturated rings. The van der Waals surface area contributed by atoms with Gasteiger partial charge in [-0.2, -0.15) is 0 Å². The molecule has 0 bridgehead atoms. The Morgan fingerprint density at radius 1 is 1.19 bits per heavy atom. The van der Waals surface area contributed by atoms with Crippen molar-refractivity contribution in [3.8, 4) is 0 Å². The van der Waals surface area contributed by atoms with Gasteiger partial charge in [0.25, 0.3) is 0 Å². The third-order valence-electron chi connectivity index (χ3n) is 5.99. The van der Waals surface area contributed by atoms with Crippen LogP contribution in [0.25, 0.3) is 0 Å². The summed E-state index contributed by atoms with van der Waals surface area (Å²) in [5, 5.41) is 5.11. The maximum atomic E-state index is 14.1. The van der Waals surface area contributed by atoms with Gasteiger partial charge < -0.3 is 26.0 Å². The van der Waals surface area contributed by atoms with Gasteiger partial charge in [0.05, 0.1) is 7.11 Å². The molecule has 1 aliphatic heterocycles. The Kier molecular flexibility index (Phi) is 10.3. The van der Waals surface area contributed by atoms with Crippen molar-refractivity contribution >= 4 is 29.6 Å². The fraction of sp³-hybridized carbons (Fsp3) is 0.542. The number of hydrogen-bond acceptors (Lipinski definition) is 6. The molecule has 4 amide bonds. The SMILES string of the molecule is COC(=O)[C@H](CCC(N)=O)NC(=O)[C@@H](NC(=O)C[C@@H]1CCC(=O)N1Cc1cccc(F)c1F)C(C)C. The summed E-state index contributed by atoms with van der Waals surface area (Å²) in [7, 11) is 1.14. The number of amides is 4. The van der Waals surface area contributed by atoms with Crippen molar-refractivity contribution in [2.45, 2.75) is 70.6 Å². The minimum absolute atomic E-state index is 0.0000872. The predicted molar refractivity (Wildman–Crippen MR) is 124 cm³/mol. The molecule has 198 valence electrons. The molecular weight excluding hydrogens is 478 g/mol. The molecule has 1 aromatic carbocycles. The minimum Gasteiger partial charge on any atom is -0.467 e. The third-order valence-corrected chi connectivity index (χ3v) is 5.99. The molecule has 0 unspecified atom stereocenters. The fourth-order valence-electron chi connectivity index (χ4n) is 4.00. The van der Waals surface area contributed by atoms with E-state index in [1.807, 2.05) is 0 Å². The Balaban J connectivity index is 2.06.